The average molecular weight is 722 g/mol. The molecule has 10 heteroatoms. The number of nitrogens with one attached hydrogen (secondary N) is 2. The summed E-state index contributed by atoms with van der Waals surface area (Å²) in [4.78, 5) is 32.1. The Morgan fingerprint density at radius 1 is 0.811 bits per heavy atom. The van der Waals surface area contributed by atoms with Gasteiger partial charge in [0, 0.05) is 0 Å². The van der Waals surface area contributed by atoms with Crippen molar-refractivity contribution in [1.82, 2.24) is 25.4 Å². The molecule has 1 aromatic heterocycles. The second-order valence-electron chi connectivity index (χ2n) is 14.4. The molecule has 284 valence electrons. The van der Waals surface area contributed by atoms with Crippen LogP contribution in [0.5, 0.6) is 5.75 Å². The van der Waals surface area contributed by atoms with E-state index < -0.39 is 6.04 Å². The van der Waals surface area contributed by atoms with Crippen LogP contribution in [0.2, 0.25) is 0 Å². The van der Waals surface area contributed by atoms with E-state index in [1.165, 1.54) is 94.9 Å². The van der Waals surface area contributed by atoms with Crippen molar-refractivity contribution in [2.75, 3.05) is 18.5 Å². The van der Waals surface area contributed by atoms with E-state index in [-0.39, 0.29) is 18.4 Å². The van der Waals surface area contributed by atoms with Gasteiger partial charge in [0.1, 0.15) is 17.8 Å². The first kappa shape index (κ1) is 39.5. The van der Waals surface area contributed by atoms with Crippen molar-refractivity contribution < 1.29 is 14.3 Å². The second-order valence-corrected chi connectivity index (χ2v) is 14.4. The van der Waals surface area contributed by atoms with Gasteiger partial charge in [0.25, 0.3) is 5.91 Å². The molecule has 3 aromatic carbocycles. The van der Waals surface area contributed by atoms with Gasteiger partial charge in [-0.05, 0) is 61.7 Å². The lowest BCUT2D eigenvalue weighted by molar-refractivity contribution is -0.135. The first-order valence-corrected chi connectivity index (χ1v) is 20.0. The molecule has 1 atom stereocenters. The molecular formula is C43H59N7O3. The van der Waals surface area contributed by atoms with Gasteiger partial charge in [-0.15, -0.1) is 5.10 Å². The van der Waals surface area contributed by atoms with Gasteiger partial charge in [-0.25, -0.2) is 14.7 Å². The number of para-hydroxylation sites is 3. The zero-order chi connectivity index (χ0) is 37.3. The Morgan fingerprint density at radius 3 is 2.11 bits per heavy atom. The highest BCUT2D eigenvalue weighted by Gasteiger charge is 2.41. The maximum atomic E-state index is 13.9. The van der Waals surface area contributed by atoms with Gasteiger partial charge >= 0.3 is 0 Å². The summed E-state index contributed by atoms with van der Waals surface area (Å²) in [5, 5.41) is 12.9. The summed E-state index contributed by atoms with van der Waals surface area (Å²) in [5.74, 6) is 0.269. The van der Waals surface area contributed by atoms with Crippen LogP contribution in [0, 0.1) is 13.8 Å². The number of aromatic nitrogens is 3. The largest absolute Gasteiger partial charge is 0.491 e. The Morgan fingerprint density at radius 2 is 1.43 bits per heavy atom. The number of fused-ring (bicyclic) bond motifs is 1. The van der Waals surface area contributed by atoms with Crippen molar-refractivity contribution in [3.8, 4) is 5.75 Å². The smallest absolute Gasteiger partial charge is 0.274 e. The van der Waals surface area contributed by atoms with Crippen molar-refractivity contribution >= 4 is 40.1 Å². The number of amides is 2. The topological polar surface area (TPSA) is 114 Å². The minimum atomic E-state index is -0.912. The maximum Gasteiger partial charge on any atom is 0.274 e. The predicted molar refractivity (Wildman–Crippen MR) is 215 cm³/mol. The summed E-state index contributed by atoms with van der Waals surface area (Å²) in [6.07, 6.45) is 21.2. The Bertz CT molecular complexity index is 1780. The number of hydrazine groups is 1. The van der Waals surface area contributed by atoms with Crippen molar-refractivity contribution in [3.05, 3.63) is 77.9 Å². The van der Waals surface area contributed by atoms with Gasteiger partial charge in [-0.1, -0.05) is 145 Å². The van der Waals surface area contributed by atoms with Crippen LogP contribution in [0.25, 0.3) is 11.0 Å². The summed E-state index contributed by atoms with van der Waals surface area (Å²) in [6.45, 7) is 6.57. The number of unbranched alkanes of at least 4 members (excludes halogenated alkanes) is 15. The highest BCUT2D eigenvalue weighted by Crippen LogP contribution is 2.28. The molecule has 53 heavy (non-hydrogen) atoms. The third-order valence-electron chi connectivity index (χ3n) is 9.95. The Hall–Kier alpha value is -4.73. The zero-order valence-electron chi connectivity index (χ0n) is 32.1. The van der Waals surface area contributed by atoms with Gasteiger partial charge in [-0.3, -0.25) is 15.0 Å². The molecule has 0 saturated carbocycles. The van der Waals surface area contributed by atoms with Crippen LogP contribution in [0.4, 0.5) is 11.4 Å². The minimum absolute atomic E-state index is 0.235. The van der Waals surface area contributed by atoms with Crippen molar-refractivity contribution in [3.63, 3.8) is 0 Å². The number of benzene rings is 3. The van der Waals surface area contributed by atoms with E-state index in [9.17, 15) is 9.59 Å². The van der Waals surface area contributed by atoms with Crippen LogP contribution in [0.1, 0.15) is 127 Å². The van der Waals surface area contributed by atoms with Crippen LogP contribution < -0.4 is 15.5 Å². The summed E-state index contributed by atoms with van der Waals surface area (Å²) >= 11 is 0. The molecule has 1 fully saturated rings. The van der Waals surface area contributed by atoms with Gasteiger partial charge in [0.05, 0.1) is 23.5 Å². The van der Waals surface area contributed by atoms with Crippen LogP contribution >= 0.6 is 0 Å². The molecule has 0 bridgehead atoms. The summed E-state index contributed by atoms with van der Waals surface area (Å²) < 4.78 is 7.68. The molecule has 10 nitrogen and oxygen atoms in total. The number of carbonyl (C=O) groups is 2. The first-order valence-electron chi connectivity index (χ1n) is 20.0. The lowest BCUT2D eigenvalue weighted by atomic mass is 10.0. The summed E-state index contributed by atoms with van der Waals surface area (Å²) in [7, 11) is 0. The molecule has 0 aliphatic carbocycles. The lowest BCUT2D eigenvalue weighted by Gasteiger charge is -2.17. The molecule has 1 unspecified atom stereocenters. The van der Waals surface area contributed by atoms with E-state index >= 15 is 0 Å². The normalized spacial score (nSPS) is 15.0. The van der Waals surface area contributed by atoms with Crippen molar-refractivity contribution in [1.29, 1.82) is 0 Å². The molecule has 4 aromatic rings. The molecule has 1 saturated heterocycles. The maximum absolute atomic E-state index is 13.9. The molecular weight excluding hydrogens is 663 g/mol. The Labute approximate surface area is 315 Å². The van der Waals surface area contributed by atoms with Crippen molar-refractivity contribution in [2.45, 2.75) is 130 Å². The second kappa shape index (κ2) is 21.1. The monoisotopic (exact) mass is 721 g/mol. The van der Waals surface area contributed by atoms with E-state index in [1.54, 1.807) is 4.68 Å². The molecule has 0 radical (unpaired) electrons. The van der Waals surface area contributed by atoms with Crippen LogP contribution in [0.15, 0.2) is 71.7 Å². The number of nitrogens with zero attached hydrogens (tertiary/aromatic N) is 5. The molecule has 1 aliphatic heterocycles. The zero-order valence-corrected chi connectivity index (χ0v) is 32.1. The molecule has 2 N–H and O–H groups in total. The van der Waals surface area contributed by atoms with Gasteiger partial charge in [0.15, 0.2) is 11.9 Å². The number of amidine groups is 1. The van der Waals surface area contributed by atoms with E-state index in [2.05, 4.69) is 28.0 Å². The van der Waals surface area contributed by atoms with Crippen LogP contribution in [-0.2, 0) is 9.59 Å². The predicted octanol–water partition coefficient (Wildman–Crippen LogP) is 9.95. The Kier molecular flexibility index (Phi) is 15.7. The fourth-order valence-electron chi connectivity index (χ4n) is 6.87. The Balaban J connectivity index is 1.06. The van der Waals surface area contributed by atoms with Crippen LogP contribution in [0.3, 0.4) is 0 Å². The molecule has 1 aliphatic rings. The highest BCUT2D eigenvalue weighted by molar-refractivity contribution is 6.12. The fraction of sp³-hybridized carbons (Fsp3) is 0.512. The number of hydrogen-bond donors (Lipinski definition) is 2. The number of hydrogen-bond acceptors (Lipinski definition) is 6. The standard InChI is InChI=1S/C43H59N7O3/c1-4-5-6-7-8-9-10-11-12-13-14-15-16-17-18-23-30-53-39-27-22-21-26-36(39)44-40(51)32-49-43(52)41(42(47-49)45-35-25-20-19-24-34(35)3)50-38-29-28-33(2)31-37(38)46-48-50/h19-22,24-29,31,41H,4-18,23,30,32H2,1-3H3,(H,44,51)(H,45,47). The molecule has 5 rings (SSSR count). The number of ether oxygens (including phenoxy) is 1. The first-order chi connectivity index (χ1) is 25.9. The van der Waals surface area contributed by atoms with E-state index in [0.717, 1.165) is 29.7 Å². The van der Waals surface area contributed by atoms with Gasteiger partial charge in [0.2, 0.25) is 5.91 Å². The van der Waals surface area contributed by atoms with E-state index in [0.29, 0.717) is 34.9 Å². The van der Waals surface area contributed by atoms with Gasteiger partial charge in [-0.2, -0.15) is 0 Å². The molecule has 0 spiro atoms. The number of aliphatic imine (C=N–C) groups is 1. The molecule has 2 heterocycles. The number of anilines is 1. The minimum Gasteiger partial charge on any atom is -0.491 e. The fourth-order valence-corrected chi connectivity index (χ4v) is 6.87. The van der Waals surface area contributed by atoms with Crippen molar-refractivity contribution in [2.24, 2.45) is 4.99 Å². The van der Waals surface area contributed by atoms with E-state index in [4.69, 9.17) is 9.73 Å². The summed E-state index contributed by atoms with van der Waals surface area (Å²) in [6, 6.07) is 20.0. The number of carbonyl (C=O) groups excluding carboxylic acids is 2. The number of rotatable bonds is 23. The third-order valence-corrected chi connectivity index (χ3v) is 9.95. The van der Waals surface area contributed by atoms with Crippen LogP contribution in [-0.4, -0.2) is 50.8 Å². The lowest BCUT2D eigenvalue weighted by Crippen LogP contribution is -2.41. The number of aryl methyl sites for hydroxylation is 2. The summed E-state index contributed by atoms with van der Waals surface area (Å²) in [5.41, 5.74) is 7.78. The van der Waals surface area contributed by atoms with E-state index in [1.807, 2.05) is 80.6 Å². The molecule has 2 amide bonds. The average Bonchev–Trinajstić information content (AvgIpc) is 3.69. The quantitative estimate of drug-likeness (QED) is 0.0738. The van der Waals surface area contributed by atoms with Gasteiger partial charge < -0.3 is 10.1 Å². The highest BCUT2D eigenvalue weighted by atomic mass is 16.5. The third kappa shape index (κ3) is 11.9. The SMILES string of the molecule is CCCCCCCCCCCCCCCCCCOc1ccccc1NC(=O)CN1NC(=Nc2ccccc2C)C(n2nnc3cc(C)ccc32)C1=O.